The standard InChI is InChI=1S/C13H21ClN2O3S/c1-3-6-15-10-11-9-12(4-5-13(11)14)20(17,18)16-7-8-19-2/h4-5,9,15-16H,3,6-8,10H2,1-2H3. The Balaban J connectivity index is 2.82. The van der Waals surface area contributed by atoms with Crippen LogP contribution in [0.4, 0.5) is 0 Å². The molecule has 0 amide bonds. The van der Waals surface area contributed by atoms with Gasteiger partial charge in [-0.2, -0.15) is 0 Å². The van der Waals surface area contributed by atoms with Gasteiger partial charge >= 0.3 is 0 Å². The van der Waals surface area contributed by atoms with Crippen LogP contribution in [0, 0.1) is 0 Å². The van der Waals surface area contributed by atoms with E-state index in [0.717, 1.165) is 18.5 Å². The van der Waals surface area contributed by atoms with Crippen LogP contribution < -0.4 is 10.0 Å². The highest BCUT2D eigenvalue weighted by Crippen LogP contribution is 2.20. The van der Waals surface area contributed by atoms with Crippen molar-refractivity contribution < 1.29 is 13.2 Å². The van der Waals surface area contributed by atoms with Gasteiger partial charge in [0.05, 0.1) is 11.5 Å². The predicted molar refractivity (Wildman–Crippen MR) is 80.5 cm³/mol. The number of halogens is 1. The first-order valence-corrected chi connectivity index (χ1v) is 8.35. The van der Waals surface area contributed by atoms with Crippen molar-refractivity contribution in [2.45, 2.75) is 24.8 Å². The van der Waals surface area contributed by atoms with Gasteiger partial charge in [0.2, 0.25) is 10.0 Å². The van der Waals surface area contributed by atoms with Gasteiger partial charge < -0.3 is 10.1 Å². The summed E-state index contributed by atoms with van der Waals surface area (Å²) in [6.45, 7) is 4.05. The summed E-state index contributed by atoms with van der Waals surface area (Å²) in [6, 6.07) is 4.70. The first kappa shape index (κ1) is 17.4. The van der Waals surface area contributed by atoms with Gasteiger partial charge in [0.15, 0.2) is 0 Å². The molecule has 0 bridgehead atoms. The number of hydrogen-bond acceptors (Lipinski definition) is 4. The molecule has 1 aromatic carbocycles. The van der Waals surface area contributed by atoms with Gasteiger partial charge in [0, 0.05) is 25.2 Å². The van der Waals surface area contributed by atoms with E-state index < -0.39 is 10.0 Å². The van der Waals surface area contributed by atoms with Gasteiger partial charge in [0.1, 0.15) is 0 Å². The largest absolute Gasteiger partial charge is 0.383 e. The van der Waals surface area contributed by atoms with E-state index in [-0.39, 0.29) is 11.4 Å². The van der Waals surface area contributed by atoms with Crippen molar-refractivity contribution in [2.75, 3.05) is 26.8 Å². The van der Waals surface area contributed by atoms with Crippen LogP contribution >= 0.6 is 11.6 Å². The van der Waals surface area contributed by atoms with Gasteiger partial charge in [-0.1, -0.05) is 18.5 Å². The Morgan fingerprint density at radius 1 is 1.30 bits per heavy atom. The molecule has 0 radical (unpaired) electrons. The summed E-state index contributed by atoms with van der Waals surface area (Å²) in [6.07, 6.45) is 1.01. The molecule has 0 aliphatic heterocycles. The Bertz CT molecular complexity index is 520. The van der Waals surface area contributed by atoms with E-state index >= 15 is 0 Å². The van der Waals surface area contributed by atoms with Crippen LogP contribution in [0.15, 0.2) is 23.1 Å². The molecule has 1 aromatic rings. The summed E-state index contributed by atoms with van der Waals surface area (Å²) >= 11 is 6.08. The Kier molecular flexibility index (Phi) is 7.47. The molecule has 20 heavy (non-hydrogen) atoms. The normalized spacial score (nSPS) is 11.8. The zero-order valence-electron chi connectivity index (χ0n) is 11.8. The van der Waals surface area contributed by atoms with Crippen LogP contribution in [0.5, 0.6) is 0 Å². The second-order valence-corrected chi connectivity index (χ2v) is 6.49. The van der Waals surface area contributed by atoms with Crippen molar-refractivity contribution in [3.05, 3.63) is 28.8 Å². The number of methoxy groups -OCH3 is 1. The maximum Gasteiger partial charge on any atom is 0.240 e. The molecule has 0 unspecified atom stereocenters. The predicted octanol–water partition coefficient (Wildman–Crippen LogP) is 1.76. The Hall–Kier alpha value is -0.660. The summed E-state index contributed by atoms with van der Waals surface area (Å²) in [5.74, 6) is 0. The first-order valence-electron chi connectivity index (χ1n) is 6.49. The highest BCUT2D eigenvalue weighted by molar-refractivity contribution is 7.89. The maximum absolute atomic E-state index is 12.1. The van der Waals surface area contributed by atoms with Crippen LogP contribution in [0.2, 0.25) is 5.02 Å². The van der Waals surface area contributed by atoms with E-state index in [4.69, 9.17) is 16.3 Å². The minimum absolute atomic E-state index is 0.214. The SMILES string of the molecule is CCCNCc1cc(S(=O)(=O)NCCOC)ccc1Cl. The fourth-order valence-corrected chi connectivity index (χ4v) is 2.86. The third kappa shape index (κ3) is 5.38. The molecule has 114 valence electrons. The average Bonchev–Trinajstić information content (AvgIpc) is 2.41. The van der Waals surface area contributed by atoms with Crippen molar-refractivity contribution in [2.24, 2.45) is 0 Å². The second-order valence-electron chi connectivity index (χ2n) is 4.32. The number of benzene rings is 1. The molecule has 0 aliphatic carbocycles. The van der Waals surface area contributed by atoms with Gasteiger partial charge in [-0.3, -0.25) is 0 Å². The highest BCUT2D eigenvalue weighted by Gasteiger charge is 2.15. The number of nitrogens with one attached hydrogen (secondary N) is 2. The Morgan fingerprint density at radius 2 is 2.05 bits per heavy atom. The van der Waals surface area contributed by atoms with Crippen LogP contribution in [0.25, 0.3) is 0 Å². The summed E-state index contributed by atoms with van der Waals surface area (Å²) in [7, 11) is -2.00. The smallest absolute Gasteiger partial charge is 0.240 e. The third-order valence-electron chi connectivity index (χ3n) is 2.67. The number of rotatable bonds is 9. The minimum Gasteiger partial charge on any atom is -0.383 e. The lowest BCUT2D eigenvalue weighted by Crippen LogP contribution is -2.27. The van der Waals surface area contributed by atoms with E-state index in [9.17, 15) is 8.42 Å². The molecule has 0 saturated carbocycles. The molecule has 0 heterocycles. The van der Waals surface area contributed by atoms with E-state index in [2.05, 4.69) is 17.0 Å². The summed E-state index contributed by atoms with van der Waals surface area (Å²) in [5, 5.41) is 3.76. The van der Waals surface area contributed by atoms with Crippen LogP contribution in [-0.4, -0.2) is 35.2 Å². The Morgan fingerprint density at radius 3 is 2.70 bits per heavy atom. The first-order chi connectivity index (χ1) is 9.51. The fourth-order valence-electron chi connectivity index (χ4n) is 1.61. The molecule has 5 nitrogen and oxygen atoms in total. The molecule has 0 saturated heterocycles. The summed E-state index contributed by atoms with van der Waals surface area (Å²) in [5.41, 5.74) is 0.773. The van der Waals surface area contributed by atoms with Crippen molar-refractivity contribution in [1.82, 2.24) is 10.0 Å². The minimum atomic E-state index is -3.52. The topological polar surface area (TPSA) is 67.4 Å². The molecule has 0 fully saturated rings. The zero-order valence-corrected chi connectivity index (χ0v) is 13.4. The molecular formula is C13H21ClN2O3S. The van der Waals surface area contributed by atoms with E-state index in [1.165, 1.54) is 13.2 Å². The second kappa shape index (κ2) is 8.59. The molecule has 0 spiro atoms. The molecular weight excluding hydrogens is 300 g/mol. The van der Waals surface area contributed by atoms with Crippen LogP contribution in [0.3, 0.4) is 0 Å². The van der Waals surface area contributed by atoms with Gasteiger partial charge in [-0.15, -0.1) is 0 Å². The summed E-state index contributed by atoms with van der Waals surface area (Å²) < 4.78 is 31.4. The highest BCUT2D eigenvalue weighted by atomic mass is 35.5. The Labute approximate surface area is 125 Å². The lowest BCUT2D eigenvalue weighted by molar-refractivity contribution is 0.204. The van der Waals surface area contributed by atoms with Crippen molar-refractivity contribution >= 4 is 21.6 Å². The van der Waals surface area contributed by atoms with Crippen molar-refractivity contribution in [3.8, 4) is 0 Å². The zero-order chi connectivity index (χ0) is 15.0. The lowest BCUT2D eigenvalue weighted by atomic mass is 10.2. The fraction of sp³-hybridized carbons (Fsp3) is 0.538. The van der Waals surface area contributed by atoms with Crippen LogP contribution in [0.1, 0.15) is 18.9 Å². The molecule has 1 rings (SSSR count). The number of hydrogen-bond donors (Lipinski definition) is 2. The number of sulfonamides is 1. The van der Waals surface area contributed by atoms with E-state index in [1.54, 1.807) is 12.1 Å². The molecule has 0 aromatic heterocycles. The monoisotopic (exact) mass is 320 g/mol. The van der Waals surface area contributed by atoms with Gasteiger partial charge in [0.25, 0.3) is 0 Å². The lowest BCUT2D eigenvalue weighted by Gasteiger charge is -2.10. The van der Waals surface area contributed by atoms with Gasteiger partial charge in [-0.25, -0.2) is 13.1 Å². The molecule has 0 atom stereocenters. The van der Waals surface area contributed by atoms with E-state index in [1.807, 2.05) is 0 Å². The van der Waals surface area contributed by atoms with Gasteiger partial charge in [-0.05, 0) is 36.7 Å². The number of ether oxygens (including phenoxy) is 1. The average molecular weight is 321 g/mol. The van der Waals surface area contributed by atoms with Crippen molar-refractivity contribution in [3.63, 3.8) is 0 Å². The maximum atomic E-state index is 12.1. The molecule has 2 N–H and O–H groups in total. The van der Waals surface area contributed by atoms with E-state index in [0.29, 0.717) is 18.2 Å². The van der Waals surface area contributed by atoms with Crippen LogP contribution in [-0.2, 0) is 21.3 Å². The quantitative estimate of drug-likeness (QED) is 0.680. The third-order valence-corrected chi connectivity index (χ3v) is 4.50. The summed E-state index contributed by atoms with van der Waals surface area (Å²) in [4.78, 5) is 0.214. The molecule has 0 aliphatic rings. The van der Waals surface area contributed by atoms with Crippen molar-refractivity contribution in [1.29, 1.82) is 0 Å². The molecule has 7 heteroatoms.